The lowest BCUT2D eigenvalue weighted by Crippen LogP contribution is -2.40. The zero-order valence-electron chi connectivity index (χ0n) is 10.1. The molecule has 3 nitrogen and oxygen atoms in total. The highest BCUT2D eigenvalue weighted by molar-refractivity contribution is 4.73. The highest BCUT2D eigenvalue weighted by Gasteiger charge is 2.15. The van der Waals surface area contributed by atoms with E-state index in [0.717, 1.165) is 19.6 Å². The molecule has 2 N–H and O–H groups in total. The summed E-state index contributed by atoms with van der Waals surface area (Å²) >= 11 is 0. The molecule has 0 spiro atoms. The van der Waals surface area contributed by atoms with Gasteiger partial charge < -0.3 is 15.2 Å². The molecule has 0 rings (SSSR count). The molecule has 0 aromatic rings. The first-order valence-corrected chi connectivity index (χ1v) is 5.31. The van der Waals surface area contributed by atoms with E-state index in [1.54, 1.807) is 7.11 Å². The molecule has 0 amide bonds. The van der Waals surface area contributed by atoms with Crippen molar-refractivity contribution in [2.75, 3.05) is 20.3 Å². The average Bonchev–Trinajstić information content (AvgIpc) is 2.00. The lowest BCUT2D eigenvalue weighted by Gasteiger charge is -2.24. The number of rotatable bonds is 7. The van der Waals surface area contributed by atoms with Crippen LogP contribution >= 0.6 is 0 Å². The Morgan fingerprint density at radius 1 is 1.36 bits per heavy atom. The Hall–Kier alpha value is -0.120. The third-order valence-corrected chi connectivity index (χ3v) is 2.29. The van der Waals surface area contributed by atoms with E-state index in [4.69, 9.17) is 4.74 Å². The fraction of sp³-hybridized carbons (Fsp3) is 1.00. The number of aliphatic hydroxyl groups is 1. The normalized spacial score (nSPS) is 14.8. The van der Waals surface area contributed by atoms with Crippen molar-refractivity contribution < 1.29 is 9.84 Å². The number of hydrogen-bond acceptors (Lipinski definition) is 3. The Morgan fingerprint density at radius 2 is 1.93 bits per heavy atom. The van der Waals surface area contributed by atoms with Gasteiger partial charge in [-0.15, -0.1) is 0 Å². The lowest BCUT2D eigenvalue weighted by molar-refractivity contribution is 0.0671. The van der Waals surface area contributed by atoms with Crippen LogP contribution in [0.15, 0.2) is 0 Å². The summed E-state index contributed by atoms with van der Waals surface area (Å²) in [5.74, 6) is 0.553. The monoisotopic (exact) mass is 203 g/mol. The molecule has 0 aliphatic rings. The molecular weight excluding hydrogens is 178 g/mol. The molecule has 14 heavy (non-hydrogen) atoms. The van der Waals surface area contributed by atoms with Gasteiger partial charge in [0.15, 0.2) is 0 Å². The Morgan fingerprint density at radius 3 is 2.29 bits per heavy atom. The second-order valence-corrected chi connectivity index (χ2v) is 4.82. The highest BCUT2D eigenvalue weighted by Crippen LogP contribution is 2.07. The van der Waals surface area contributed by atoms with Crippen molar-refractivity contribution in [3.63, 3.8) is 0 Å². The molecule has 0 bridgehead atoms. The van der Waals surface area contributed by atoms with Crippen LogP contribution in [-0.4, -0.2) is 37.0 Å². The first-order chi connectivity index (χ1) is 6.37. The van der Waals surface area contributed by atoms with Crippen LogP contribution in [0.2, 0.25) is 0 Å². The van der Waals surface area contributed by atoms with Gasteiger partial charge in [-0.1, -0.05) is 13.8 Å². The quantitative estimate of drug-likeness (QED) is 0.657. The van der Waals surface area contributed by atoms with Gasteiger partial charge in [0.1, 0.15) is 0 Å². The van der Waals surface area contributed by atoms with Gasteiger partial charge in [0.25, 0.3) is 0 Å². The van der Waals surface area contributed by atoms with Crippen molar-refractivity contribution in [2.45, 2.75) is 45.8 Å². The maximum atomic E-state index is 9.53. The molecule has 1 atom stereocenters. The van der Waals surface area contributed by atoms with E-state index in [0.29, 0.717) is 12.0 Å². The molecule has 0 radical (unpaired) electrons. The molecular formula is C11H25NO2. The molecule has 1 unspecified atom stereocenters. The van der Waals surface area contributed by atoms with Gasteiger partial charge in [0, 0.05) is 13.2 Å². The Balaban J connectivity index is 3.72. The van der Waals surface area contributed by atoms with Gasteiger partial charge in [-0.05, 0) is 32.7 Å². The molecule has 0 aromatic carbocycles. The number of methoxy groups -OCH3 is 1. The molecule has 0 saturated heterocycles. The van der Waals surface area contributed by atoms with Crippen LogP contribution in [0, 0.1) is 5.92 Å². The molecule has 0 aliphatic heterocycles. The number of nitrogens with one attached hydrogen (secondary N) is 1. The van der Waals surface area contributed by atoms with Crippen molar-refractivity contribution >= 4 is 0 Å². The molecule has 86 valence electrons. The Bertz CT molecular complexity index is 141. The molecule has 0 saturated carbocycles. The predicted molar refractivity (Wildman–Crippen MR) is 59.4 cm³/mol. The van der Waals surface area contributed by atoms with Crippen LogP contribution in [0.3, 0.4) is 0 Å². The number of ether oxygens (including phenoxy) is 1. The molecule has 0 aliphatic carbocycles. The van der Waals surface area contributed by atoms with E-state index in [1.807, 2.05) is 13.8 Å². The largest absolute Gasteiger partial charge is 0.390 e. The summed E-state index contributed by atoms with van der Waals surface area (Å²) in [6.45, 7) is 9.55. The van der Waals surface area contributed by atoms with Crippen molar-refractivity contribution in [3.05, 3.63) is 0 Å². The number of hydrogen-bond donors (Lipinski definition) is 2. The minimum atomic E-state index is -0.582. The van der Waals surface area contributed by atoms with E-state index in [9.17, 15) is 5.11 Å². The standard InChI is InChI=1S/C11H25NO2/c1-9(2)10(8-14-5)12-7-6-11(3,4)13/h9-10,12-13H,6-8H2,1-5H3. The van der Waals surface area contributed by atoms with Crippen LogP contribution in [0.5, 0.6) is 0 Å². The molecule has 0 heterocycles. The van der Waals surface area contributed by atoms with Gasteiger partial charge in [-0.2, -0.15) is 0 Å². The van der Waals surface area contributed by atoms with Gasteiger partial charge in [0.2, 0.25) is 0 Å². The summed E-state index contributed by atoms with van der Waals surface area (Å²) in [5.41, 5.74) is -0.582. The summed E-state index contributed by atoms with van der Waals surface area (Å²) in [4.78, 5) is 0. The van der Waals surface area contributed by atoms with Gasteiger partial charge in [-0.3, -0.25) is 0 Å². The van der Waals surface area contributed by atoms with Crippen LogP contribution in [-0.2, 0) is 4.74 Å². The minimum Gasteiger partial charge on any atom is -0.390 e. The van der Waals surface area contributed by atoms with Crippen LogP contribution in [0.4, 0.5) is 0 Å². The molecule has 3 heteroatoms. The summed E-state index contributed by atoms with van der Waals surface area (Å²) in [6, 6.07) is 0.377. The Kier molecular flexibility index (Phi) is 6.33. The first-order valence-electron chi connectivity index (χ1n) is 5.31. The summed E-state index contributed by atoms with van der Waals surface area (Å²) in [7, 11) is 1.72. The fourth-order valence-corrected chi connectivity index (χ4v) is 1.23. The smallest absolute Gasteiger partial charge is 0.0618 e. The SMILES string of the molecule is COCC(NCCC(C)(C)O)C(C)C. The second kappa shape index (κ2) is 6.38. The highest BCUT2D eigenvalue weighted by atomic mass is 16.5. The van der Waals surface area contributed by atoms with E-state index in [-0.39, 0.29) is 0 Å². The van der Waals surface area contributed by atoms with Gasteiger partial charge >= 0.3 is 0 Å². The molecule has 0 fully saturated rings. The van der Waals surface area contributed by atoms with E-state index >= 15 is 0 Å². The van der Waals surface area contributed by atoms with E-state index in [2.05, 4.69) is 19.2 Å². The van der Waals surface area contributed by atoms with Crippen LogP contribution in [0.25, 0.3) is 0 Å². The Labute approximate surface area is 87.8 Å². The summed E-state index contributed by atoms with van der Waals surface area (Å²) in [5, 5.41) is 12.9. The maximum absolute atomic E-state index is 9.53. The molecule has 0 aromatic heterocycles. The fourth-order valence-electron chi connectivity index (χ4n) is 1.23. The van der Waals surface area contributed by atoms with Gasteiger partial charge in [0.05, 0.1) is 12.2 Å². The van der Waals surface area contributed by atoms with Crippen molar-refractivity contribution in [1.82, 2.24) is 5.32 Å². The van der Waals surface area contributed by atoms with Gasteiger partial charge in [-0.25, -0.2) is 0 Å². The van der Waals surface area contributed by atoms with Crippen molar-refractivity contribution in [3.8, 4) is 0 Å². The maximum Gasteiger partial charge on any atom is 0.0618 e. The topological polar surface area (TPSA) is 41.5 Å². The lowest BCUT2D eigenvalue weighted by atomic mass is 10.0. The van der Waals surface area contributed by atoms with Crippen LogP contribution in [0.1, 0.15) is 34.1 Å². The first kappa shape index (κ1) is 13.9. The third-order valence-electron chi connectivity index (χ3n) is 2.29. The zero-order valence-corrected chi connectivity index (χ0v) is 10.1. The zero-order chi connectivity index (χ0) is 11.2. The summed E-state index contributed by atoms with van der Waals surface area (Å²) < 4.78 is 5.12. The minimum absolute atomic E-state index is 0.377. The van der Waals surface area contributed by atoms with E-state index < -0.39 is 5.60 Å². The van der Waals surface area contributed by atoms with Crippen LogP contribution < -0.4 is 5.32 Å². The average molecular weight is 203 g/mol. The van der Waals surface area contributed by atoms with Crippen molar-refractivity contribution in [1.29, 1.82) is 0 Å². The summed E-state index contributed by atoms with van der Waals surface area (Å²) in [6.07, 6.45) is 0.764. The predicted octanol–water partition coefficient (Wildman–Crippen LogP) is 1.41. The second-order valence-electron chi connectivity index (χ2n) is 4.82. The van der Waals surface area contributed by atoms with Crippen molar-refractivity contribution in [2.24, 2.45) is 5.92 Å². The third kappa shape index (κ3) is 7.30. The van der Waals surface area contributed by atoms with E-state index in [1.165, 1.54) is 0 Å².